The minimum absolute atomic E-state index is 0.0135. The van der Waals surface area contributed by atoms with Crippen LogP contribution in [0.2, 0.25) is 0 Å². The van der Waals surface area contributed by atoms with Gasteiger partial charge in [-0.15, -0.1) is 6.58 Å². The number of carbonyl (C=O) groups excluding carboxylic acids is 1. The number of hydrogen-bond donors (Lipinski definition) is 0. The number of ether oxygens (including phenoxy) is 1. The lowest BCUT2D eigenvalue weighted by Gasteiger charge is -2.31. The third-order valence-corrected chi connectivity index (χ3v) is 3.48. The number of carbonyl (C=O) groups is 1. The minimum atomic E-state index is -0.362. The molecule has 4 heteroatoms. The fraction of sp³-hybridized carbons (Fsp3) is 0.471. The molecule has 0 aliphatic carbocycles. The number of nitrogens with zero attached hydrogens (tertiary/aromatic N) is 1. The van der Waals surface area contributed by atoms with E-state index in [1.807, 2.05) is 20.8 Å². The summed E-state index contributed by atoms with van der Waals surface area (Å²) in [6, 6.07) is 6.25. The Kier molecular flexibility index (Phi) is 5.94. The van der Waals surface area contributed by atoms with Crippen LogP contribution in [0.4, 0.5) is 9.18 Å². The van der Waals surface area contributed by atoms with E-state index in [1.165, 1.54) is 12.1 Å². The second-order valence-corrected chi connectivity index (χ2v) is 6.08. The molecule has 3 nitrogen and oxygen atoms in total. The van der Waals surface area contributed by atoms with Crippen molar-refractivity contribution in [2.24, 2.45) is 0 Å². The molecule has 0 fully saturated rings. The summed E-state index contributed by atoms with van der Waals surface area (Å²) in [5.74, 6) is -0.291. The molecule has 0 aliphatic rings. The van der Waals surface area contributed by atoms with Gasteiger partial charge in [-0.3, -0.25) is 0 Å². The van der Waals surface area contributed by atoms with Crippen LogP contribution in [0.15, 0.2) is 36.9 Å². The Hall–Kier alpha value is -1.84. The normalized spacial score (nSPS) is 12.6. The lowest BCUT2D eigenvalue weighted by Crippen LogP contribution is -2.43. The number of hydrogen-bond acceptors (Lipinski definition) is 2. The molecule has 1 rings (SSSR count). The quantitative estimate of drug-likeness (QED) is 0.755. The van der Waals surface area contributed by atoms with Gasteiger partial charge in [0.2, 0.25) is 0 Å². The van der Waals surface area contributed by atoms with Gasteiger partial charge in [-0.05, 0) is 44.9 Å². The second kappa shape index (κ2) is 7.25. The van der Waals surface area contributed by atoms with Gasteiger partial charge in [0.15, 0.2) is 0 Å². The van der Waals surface area contributed by atoms with E-state index < -0.39 is 0 Å². The van der Waals surface area contributed by atoms with E-state index in [-0.39, 0.29) is 30.0 Å². The first-order chi connectivity index (χ1) is 9.75. The third-order valence-electron chi connectivity index (χ3n) is 3.48. The standard InChI is InChI=1S/C17H24FNO2/c1-6-7-14(13-8-10-15(18)11-9-13)12-21-16(20)19(5)17(2,3)4/h6,8-11,14H,1,7,12H2,2-5H3. The average molecular weight is 293 g/mol. The molecule has 1 atom stereocenters. The maximum atomic E-state index is 13.0. The Balaban J connectivity index is 2.69. The van der Waals surface area contributed by atoms with E-state index >= 15 is 0 Å². The number of rotatable bonds is 5. The van der Waals surface area contributed by atoms with E-state index in [0.717, 1.165) is 5.56 Å². The number of halogens is 1. The molecular weight excluding hydrogens is 269 g/mol. The maximum absolute atomic E-state index is 13.0. The third kappa shape index (κ3) is 5.21. The lowest BCUT2D eigenvalue weighted by atomic mass is 9.96. The SMILES string of the molecule is C=CCC(COC(=O)N(C)C(C)(C)C)c1ccc(F)cc1. The van der Waals surface area contributed by atoms with Crippen LogP contribution in [0.5, 0.6) is 0 Å². The summed E-state index contributed by atoms with van der Waals surface area (Å²) in [7, 11) is 1.71. The van der Waals surface area contributed by atoms with Crippen molar-refractivity contribution in [3.63, 3.8) is 0 Å². The van der Waals surface area contributed by atoms with Crippen molar-refractivity contribution < 1.29 is 13.9 Å². The summed E-state index contributed by atoms with van der Waals surface area (Å²) in [6.07, 6.45) is 2.08. The predicted molar refractivity (Wildman–Crippen MR) is 82.8 cm³/mol. The second-order valence-electron chi connectivity index (χ2n) is 6.08. The summed E-state index contributed by atoms with van der Waals surface area (Å²) < 4.78 is 18.3. The molecule has 0 aliphatic heterocycles. The van der Waals surface area contributed by atoms with Gasteiger partial charge in [0.05, 0.1) is 0 Å². The first kappa shape index (κ1) is 17.2. The zero-order chi connectivity index (χ0) is 16.0. The molecule has 0 saturated heterocycles. The van der Waals surface area contributed by atoms with Crippen LogP contribution in [-0.4, -0.2) is 30.2 Å². The molecule has 1 aromatic carbocycles. The van der Waals surface area contributed by atoms with Crippen LogP contribution < -0.4 is 0 Å². The van der Waals surface area contributed by atoms with Crippen LogP contribution in [0.25, 0.3) is 0 Å². The van der Waals surface area contributed by atoms with Gasteiger partial charge in [0.25, 0.3) is 0 Å². The summed E-state index contributed by atoms with van der Waals surface area (Å²) in [5.41, 5.74) is 0.642. The van der Waals surface area contributed by atoms with Crippen molar-refractivity contribution in [1.29, 1.82) is 0 Å². The first-order valence-electron chi connectivity index (χ1n) is 7.02. The topological polar surface area (TPSA) is 29.5 Å². The number of benzene rings is 1. The van der Waals surface area contributed by atoms with Crippen LogP contribution in [0.1, 0.15) is 38.7 Å². The van der Waals surface area contributed by atoms with Gasteiger partial charge < -0.3 is 9.64 Å². The van der Waals surface area contributed by atoms with Gasteiger partial charge >= 0.3 is 6.09 Å². The van der Waals surface area contributed by atoms with Gasteiger partial charge in [-0.25, -0.2) is 9.18 Å². The van der Waals surface area contributed by atoms with Crippen molar-refractivity contribution in [2.45, 2.75) is 38.6 Å². The Morgan fingerprint density at radius 2 is 1.95 bits per heavy atom. The van der Waals surface area contributed by atoms with Gasteiger partial charge in [0.1, 0.15) is 12.4 Å². The average Bonchev–Trinajstić information content (AvgIpc) is 2.42. The molecule has 0 heterocycles. The smallest absolute Gasteiger partial charge is 0.409 e. The summed E-state index contributed by atoms with van der Waals surface area (Å²) in [6.45, 7) is 9.79. The van der Waals surface area contributed by atoms with E-state index in [0.29, 0.717) is 6.42 Å². The Labute approximate surface area is 126 Å². The molecule has 0 N–H and O–H groups in total. The summed E-state index contributed by atoms with van der Waals surface area (Å²) in [5, 5.41) is 0. The fourth-order valence-electron chi connectivity index (χ4n) is 1.78. The lowest BCUT2D eigenvalue weighted by molar-refractivity contribution is 0.0766. The van der Waals surface area contributed by atoms with Gasteiger partial charge in [-0.1, -0.05) is 18.2 Å². The predicted octanol–water partition coefficient (Wildman–Crippen LogP) is 4.35. The fourth-order valence-corrected chi connectivity index (χ4v) is 1.78. The maximum Gasteiger partial charge on any atom is 0.409 e. The van der Waals surface area contributed by atoms with Crippen molar-refractivity contribution in [2.75, 3.05) is 13.7 Å². The van der Waals surface area contributed by atoms with Crippen molar-refractivity contribution >= 4 is 6.09 Å². The van der Waals surface area contributed by atoms with Crippen molar-refractivity contribution in [3.05, 3.63) is 48.3 Å². The van der Waals surface area contributed by atoms with E-state index in [2.05, 4.69) is 6.58 Å². The van der Waals surface area contributed by atoms with Crippen molar-refractivity contribution in [1.82, 2.24) is 4.90 Å². The van der Waals surface area contributed by atoms with Crippen LogP contribution in [-0.2, 0) is 4.74 Å². The zero-order valence-corrected chi connectivity index (χ0v) is 13.2. The highest BCUT2D eigenvalue weighted by Gasteiger charge is 2.24. The molecular formula is C17H24FNO2. The molecule has 1 aromatic rings. The van der Waals surface area contributed by atoms with Crippen LogP contribution in [0.3, 0.4) is 0 Å². The molecule has 0 radical (unpaired) electrons. The molecule has 1 unspecified atom stereocenters. The summed E-state index contributed by atoms with van der Waals surface area (Å²) in [4.78, 5) is 13.6. The first-order valence-corrected chi connectivity index (χ1v) is 7.02. The summed E-state index contributed by atoms with van der Waals surface area (Å²) >= 11 is 0. The molecule has 0 bridgehead atoms. The van der Waals surface area contributed by atoms with Crippen molar-refractivity contribution in [3.8, 4) is 0 Å². The van der Waals surface area contributed by atoms with E-state index in [1.54, 1.807) is 30.2 Å². The number of allylic oxidation sites excluding steroid dienone is 1. The Morgan fingerprint density at radius 1 is 1.38 bits per heavy atom. The molecule has 0 spiro atoms. The highest BCUT2D eigenvalue weighted by Crippen LogP contribution is 2.22. The van der Waals surface area contributed by atoms with Crippen LogP contribution >= 0.6 is 0 Å². The highest BCUT2D eigenvalue weighted by atomic mass is 19.1. The monoisotopic (exact) mass is 293 g/mol. The van der Waals surface area contributed by atoms with Crippen LogP contribution in [0, 0.1) is 5.82 Å². The Bertz CT molecular complexity index is 477. The minimum Gasteiger partial charge on any atom is -0.449 e. The van der Waals surface area contributed by atoms with Gasteiger partial charge in [0, 0.05) is 18.5 Å². The molecule has 0 aromatic heterocycles. The van der Waals surface area contributed by atoms with Gasteiger partial charge in [-0.2, -0.15) is 0 Å². The van der Waals surface area contributed by atoms with E-state index in [4.69, 9.17) is 4.74 Å². The highest BCUT2D eigenvalue weighted by molar-refractivity contribution is 5.68. The molecule has 1 amide bonds. The molecule has 0 saturated carbocycles. The number of amides is 1. The van der Waals surface area contributed by atoms with E-state index in [9.17, 15) is 9.18 Å². The molecule has 116 valence electrons. The zero-order valence-electron chi connectivity index (χ0n) is 13.2. The molecule has 21 heavy (non-hydrogen) atoms. The Morgan fingerprint density at radius 3 is 2.43 bits per heavy atom. The largest absolute Gasteiger partial charge is 0.449 e.